The first kappa shape index (κ1) is 10.8. The molecule has 0 spiro atoms. The van der Waals surface area contributed by atoms with Crippen LogP contribution in [0.2, 0.25) is 0 Å². The van der Waals surface area contributed by atoms with Crippen molar-refractivity contribution in [1.82, 2.24) is 0 Å². The number of fused-ring (bicyclic) bond motifs is 1. The summed E-state index contributed by atoms with van der Waals surface area (Å²) in [5, 5.41) is 3.61. The van der Waals surface area contributed by atoms with E-state index in [-0.39, 0.29) is 0 Å². The van der Waals surface area contributed by atoms with Crippen LogP contribution in [0.4, 0.5) is 5.69 Å². The summed E-state index contributed by atoms with van der Waals surface area (Å²) in [5.74, 6) is 0. The zero-order chi connectivity index (χ0) is 11.4. The number of rotatable bonds is 3. The second-order valence-corrected chi connectivity index (χ2v) is 4.16. The van der Waals surface area contributed by atoms with Crippen LogP contribution in [0.5, 0.6) is 0 Å². The Labute approximate surface area is 95.5 Å². The van der Waals surface area contributed by atoms with Crippen molar-refractivity contribution < 1.29 is 0 Å². The first-order valence-electron chi connectivity index (χ1n) is 5.68. The lowest BCUT2D eigenvalue weighted by molar-refractivity contribution is 0.564. The normalized spacial score (nSPS) is 18.8. The van der Waals surface area contributed by atoms with Crippen LogP contribution in [0, 0.1) is 0 Å². The zero-order valence-electron chi connectivity index (χ0n) is 9.50. The molecule has 1 aliphatic heterocycles. The molecule has 0 aromatic heterocycles. The quantitative estimate of drug-likeness (QED) is 0.435. The van der Waals surface area contributed by atoms with Crippen LogP contribution in [-0.4, -0.2) is 19.1 Å². The van der Waals surface area contributed by atoms with Crippen LogP contribution in [0.15, 0.2) is 29.4 Å². The third kappa shape index (κ3) is 2.12. The van der Waals surface area contributed by atoms with E-state index in [9.17, 15) is 0 Å². The molecule has 1 heterocycles. The van der Waals surface area contributed by atoms with Gasteiger partial charge in [0.2, 0.25) is 0 Å². The van der Waals surface area contributed by atoms with Crippen LogP contribution in [0.3, 0.4) is 0 Å². The summed E-state index contributed by atoms with van der Waals surface area (Å²) < 4.78 is 0. The van der Waals surface area contributed by atoms with Crippen molar-refractivity contribution in [3.8, 4) is 0 Å². The Hall–Kier alpha value is -1.67. The van der Waals surface area contributed by atoms with Crippen molar-refractivity contribution in [3.05, 3.63) is 40.3 Å². The number of azide groups is 1. The molecular weight excluding hydrogens is 200 g/mol. The highest BCUT2D eigenvalue weighted by Gasteiger charge is 2.21. The summed E-state index contributed by atoms with van der Waals surface area (Å²) in [7, 11) is 0. The topological polar surface area (TPSA) is 52.0 Å². The number of aryl methyl sites for hydroxylation is 1. The number of nitrogens with zero attached hydrogens (tertiary/aromatic N) is 4. The molecule has 1 aliphatic rings. The van der Waals surface area contributed by atoms with Gasteiger partial charge in [-0.25, -0.2) is 0 Å². The Morgan fingerprint density at radius 2 is 2.31 bits per heavy atom. The van der Waals surface area contributed by atoms with Gasteiger partial charge in [0.15, 0.2) is 0 Å². The lowest BCUT2D eigenvalue weighted by Gasteiger charge is -2.36. The van der Waals surface area contributed by atoms with Gasteiger partial charge in [-0.15, -0.1) is 0 Å². The summed E-state index contributed by atoms with van der Waals surface area (Å²) >= 11 is 0. The highest BCUT2D eigenvalue weighted by molar-refractivity contribution is 5.56. The molecule has 0 radical (unpaired) electrons. The lowest BCUT2D eigenvalue weighted by Crippen LogP contribution is -2.38. The van der Waals surface area contributed by atoms with Crippen molar-refractivity contribution in [2.45, 2.75) is 25.8 Å². The van der Waals surface area contributed by atoms with Crippen molar-refractivity contribution >= 4 is 5.69 Å². The summed E-state index contributed by atoms with van der Waals surface area (Å²) in [4.78, 5) is 5.14. The molecular formula is C12H16N4. The average molecular weight is 216 g/mol. The van der Waals surface area contributed by atoms with E-state index in [1.807, 2.05) is 0 Å². The molecule has 0 amide bonds. The van der Waals surface area contributed by atoms with Crippen molar-refractivity contribution in [1.29, 1.82) is 0 Å². The van der Waals surface area contributed by atoms with E-state index < -0.39 is 0 Å². The van der Waals surface area contributed by atoms with Gasteiger partial charge >= 0.3 is 0 Å². The van der Waals surface area contributed by atoms with Crippen LogP contribution in [0.25, 0.3) is 10.4 Å². The summed E-state index contributed by atoms with van der Waals surface area (Å²) in [6, 6.07) is 9.02. The monoisotopic (exact) mass is 216 g/mol. The lowest BCUT2D eigenvalue weighted by atomic mass is 9.97. The standard InChI is InChI=1S/C12H16N4/c1-10-6-7-11-4-2-3-5-12(11)16(10)9-8-14-15-13/h2-5,10H,6-9H2,1H3. The molecule has 1 aromatic carbocycles. The minimum absolute atomic E-state index is 0.531. The number of hydrogen-bond acceptors (Lipinski definition) is 2. The number of anilines is 1. The third-order valence-electron chi connectivity index (χ3n) is 3.17. The Morgan fingerprint density at radius 3 is 3.12 bits per heavy atom. The fraction of sp³-hybridized carbons (Fsp3) is 0.500. The predicted molar refractivity (Wildman–Crippen MR) is 65.6 cm³/mol. The third-order valence-corrected chi connectivity index (χ3v) is 3.17. The van der Waals surface area contributed by atoms with Crippen molar-refractivity contribution in [2.24, 2.45) is 5.11 Å². The van der Waals surface area contributed by atoms with E-state index in [4.69, 9.17) is 5.53 Å². The van der Waals surface area contributed by atoms with E-state index in [2.05, 4.69) is 46.1 Å². The van der Waals surface area contributed by atoms with Crippen LogP contribution >= 0.6 is 0 Å². The van der Waals surface area contributed by atoms with E-state index in [0.29, 0.717) is 12.6 Å². The maximum atomic E-state index is 8.30. The van der Waals surface area contributed by atoms with E-state index >= 15 is 0 Å². The predicted octanol–water partition coefficient (Wildman–Crippen LogP) is 3.14. The largest absolute Gasteiger partial charge is 0.368 e. The molecule has 4 nitrogen and oxygen atoms in total. The molecule has 0 aliphatic carbocycles. The maximum Gasteiger partial charge on any atom is 0.0434 e. The summed E-state index contributed by atoms with van der Waals surface area (Å²) in [5.41, 5.74) is 11.0. The Kier molecular flexibility index (Phi) is 3.32. The first-order valence-corrected chi connectivity index (χ1v) is 5.68. The minimum Gasteiger partial charge on any atom is -0.368 e. The number of hydrogen-bond donors (Lipinski definition) is 0. The molecule has 1 aromatic rings. The second-order valence-electron chi connectivity index (χ2n) is 4.16. The van der Waals surface area contributed by atoms with Gasteiger partial charge in [-0.2, -0.15) is 0 Å². The van der Waals surface area contributed by atoms with Crippen LogP contribution in [-0.2, 0) is 6.42 Å². The fourth-order valence-corrected chi connectivity index (χ4v) is 2.30. The molecule has 1 unspecified atom stereocenters. The van der Waals surface area contributed by atoms with Gasteiger partial charge < -0.3 is 4.90 Å². The van der Waals surface area contributed by atoms with Crippen molar-refractivity contribution in [3.63, 3.8) is 0 Å². The molecule has 84 valence electrons. The Morgan fingerprint density at radius 1 is 1.50 bits per heavy atom. The smallest absolute Gasteiger partial charge is 0.0434 e. The summed E-state index contributed by atoms with van der Waals surface area (Å²) in [6.07, 6.45) is 2.32. The summed E-state index contributed by atoms with van der Waals surface area (Å²) in [6.45, 7) is 3.57. The molecule has 0 N–H and O–H groups in total. The number of para-hydroxylation sites is 1. The molecule has 1 atom stereocenters. The molecule has 16 heavy (non-hydrogen) atoms. The van der Waals surface area contributed by atoms with Gasteiger partial charge in [0.25, 0.3) is 0 Å². The molecule has 0 saturated carbocycles. The number of benzene rings is 1. The van der Waals surface area contributed by atoms with Crippen molar-refractivity contribution in [2.75, 3.05) is 18.0 Å². The maximum absolute atomic E-state index is 8.30. The highest BCUT2D eigenvalue weighted by Crippen LogP contribution is 2.29. The second kappa shape index (κ2) is 4.90. The molecule has 2 rings (SSSR count). The molecule has 0 fully saturated rings. The van der Waals surface area contributed by atoms with Gasteiger partial charge in [0.05, 0.1) is 0 Å². The van der Waals surface area contributed by atoms with E-state index in [1.165, 1.54) is 17.7 Å². The zero-order valence-corrected chi connectivity index (χ0v) is 9.50. The molecule has 0 bridgehead atoms. The van der Waals surface area contributed by atoms with Crippen LogP contribution < -0.4 is 4.90 Å². The Bertz CT molecular complexity index is 409. The van der Waals surface area contributed by atoms with Crippen LogP contribution in [0.1, 0.15) is 18.9 Å². The van der Waals surface area contributed by atoms with Gasteiger partial charge in [0, 0.05) is 29.7 Å². The molecule has 0 saturated heterocycles. The van der Waals surface area contributed by atoms with Gasteiger partial charge in [0.1, 0.15) is 0 Å². The fourth-order valence-electron chi connectivity index (χ4n) is 2.30. The SMILES string of the molecule is CC1CCc2ccccc2N1CCN=[N+]=[N-]. The van der Waals surface area contributed by atoms with E-state index in [0.717, 1.165) is 13.0 Å². The highest BCUT2D eigenvalue weighted by atomic mass is 15.2. The van der Waals surface area contributed by atoms with Gasteiger partial charge in [-0.05, 0) is 36.9 Å². The van der Waals surface area contributed by atoms with Gasteiger partial charge in [-0.1, -0.05) is 23.3 Å². The first-order chi connectivity index (χ1) is 7.83. The molecule has 4 heteroatoms. The van der Waals surface area contributed by atoms with Gasteiger partial charge in [-0.3, -0.25) is 0 Å². The Balaban J connectivity index is 2.19. The minimum atomic E-state index is 0.531. The van der Waals surface area contributed by atoms with E-state index in [1.54, 1.807) is 0 Å². The average Bonchev–Trinajstić information content (AvgIpc) is 2.32.